The molecule has 0 aliphatic rings. The standard InChI is InChI=1S/C16H22N2O/c1-12(2)7-5-6-10-17-15-11-13-8-3-4-9-14(13)16(19)18-15/h3-4,8-9,11-12H,5-7,10H2,1-2H3,(H2,17,18,19). The van der Waals surface area contributed by atoms with Crippen LogP contribution in [0.5, 0.6) is 0 Å². The third kappa shape index (κ3) is 3.85. The summed E-state index contributed by atoms with van der Waals surface area (Å²) in [5.41, 5.74) is -0.0252. The Morgan fingerprint density at radius 3 is 2.79 bits per heavy atom. The molecule has 0 bridgehead atoms. The van der Waals surface area contributed by atoms with Gasteiger partial charge in [-0.2, -0.15) is 0 Å². The highest BCUT2D eigenvalue weighted by atomic mass is 16.1. The molecule has 0 aliphatic carbocycles. The molecule has 19 heavy (non-hydrogen) atoms. The molecule has 2 N–H and O–H groups in total. The van der Waals surface area contributed by atoms with Gasteiger partial charge in [0.05, 0.1) is 0 Å². The van der Waals surface area contributed by atoms with Crippen LogP contribution in [0.15, 0.2) is 35.1 Å². The van der Waals surface area contributed by atoms with Crippen LogP contribution in [-0.4, -0.2) is 11.5 Å². The Bertz CT molecular complexity index is 587. The first-order valence-electron chi connectivity index (χ1n) is 7.03. The molecule has 0 fully saturated rings. The first-order chi connectivity index (χ1) is 9.16. The summed E-state index contributed by atoms with van der Waals surface area (Å²) in [7, 11) is 0. The molecule has 0 unspecified atom stereocenters. The molecule has 0 saturated carbocycles. The summed E-state index contributed by atoms with van der Waals surface area (Å²) < 4.78 is 0. The van der Waals surface area contributed by atoms with Crippen LogP contribution in [-0.2, 0) is 0 Å². The highest BCUT2D eigenvalue weighted by Gasteiger charge is 2.00. The van der Waals surface area contributed by atoms with E-state index in [0.29, 0.717) is 0 Å². The third-order valence-electron chi connectivity index (χ3n) is 3.28. The van der Waals surface area contributed by atoms with Crippen LogP contribution in [0.3, 0.4) is 0 Å². The monoisotopic (exact) mass is 258 g/mol. The number of hydrogen-bond donors (Lipinski definition) is 2. The number of aromatic nitrogens is 1. The lowest BCUT2D eigenvalue weighted by atomic mass is 10.1. The fraction of sp³-hybridized carbons (Fsp3) is 0.438. The maximum Gasteiger partial charge on any atom is 0.257 e. The molecule has 1 aromatic heterocycles. The minimum atomic E-state index is -0.0252. The summed E-state index contributed by atoms with van der Waals surface area (Å²) in [6.45, 7) is 5.39. The molecule has 0 aliphatic heterocycles. The summed E-state index contributed by atoms with van der Waals surface area (Å²) in [6, 6.07) is 9.65. The van der Waals surface area contributed by atoms with Gasteiger partial charge < -0.3 is 10.3 Å². The van der Waals surface area contributed by atoms with Crippen LogP contribution < -0.4 is 10.9 Å². The minimum Gasteiger partial charge on any atom is -0.372 e. The zero-order chi connectivity index (χ0) is 13.7. The van der Waals surface area contributed by atoms with Gasteiger partial charge in [0, 0.05) is 11.9 Å². The molecular weight excluding hydrogens is 236 g/mol. The Labute approximate surface area is 114 Å². The predicted octanol–water partition coefficient (Wildman–Crippen LogP) is 3.77. The maximum absolute atomic E-state index is 11.9. The summed E-state index contributed by atoms with van der Waals surface area (Å²) in [4.78, 5) is 14.8. The van der Waals surface area contributed by atoms with Crippen LogP contribution in [0.25, 0.3) is 10.8 Å². The fourth-order valence-electron chi connectivity index (χ4n) is 2.21. The van der Waals surface area contributed by atoms with E-state index in [0.717, 1.165) is 35.5 Å². The first-order valence-corrected chi connectivity index (χ1v) is 7.03. The van der Waals surface area contributed by atoms with Crippen molar-refractivity contribution < 1.29 is 0 Å². The Kier molecular flexibility index (Phi) is 4.61. The third-order valence-corrected chi connectivity index (χ3v) is 3.28. The van der Waals surface area contributed by atoms with E-state index in [1.807, 2.05) is 30.3 Å². The van der Waals surface area contributed by atoms with Gasteiger partial charge in [0.25, 0.3) is 5.56 Å². The Hall–Kier alpha value is -1.77. The zero-order valence-electron chi connectivity index (χ0n) is 11.7. The van der Waals surface area contributed by atoms with Gasteiger partial charge >= 0.3 is 0 Å². The van der Waals surface area contributed by atoms with Crippen molar-refractivity contribution in [3.63, 3.8) is 0 Å². The van der Waals surface area contributed by atoms with Crippen molar-refractivity contribution in [1.82, 2.24) is 4.98 Å². The van der Waals surface area contributed by atoms with Crippen LogP contribution in [0.2, 0.25) is 0 Å². The molecule has 2 rings (SSSR count). The lowest BCUT2D eigenvalue weighted by Crippen LogP contribution is -2.11. The van der Waals surface area contributed by atoms with E-state index in [9.17, 15) is 4.79 Å². The smallest absolute Gasteiger partial charge is 0.257 e. The lowest BCUT2D eigenvalue weighted by molar-refractivity contribution is 0.544. The number of unbranched alkanes of at least 4 members (excludes halogenated alkanes) is 1. The van der Waals surface area contributed by atoms with E-state index in [1.165, 1.54) is 12.8 Å². The lowest BCUT2D eigenvalue weighted by Gasteiger charge is -2.08. The van der Waals surface area contributed by atoms with E-state index in [4.69, 9.17) is 0 Å². The molecule has 0 saturated heterocycles. The molecule has 102 valence electrons. The summed E-state index contributed by atoms with van der Waals surface area (Å²) in [5.74, 6) is 1.58. The van der Waals surface area contributed by atoms with Crippen molar-refractivity contribution in [1.29, 1.82) is 0 Å². The summed E-state index contributed by atoms with van der Waals surface area (Å²) >= 11 is 0. The van der Waals surface area contributed by atoms with Crippen LogP contribution in [0.4, 0.5) is 5.82 Å². The molecule has 0 amide bonds. The number of anilines is 1. The molecule has 1 heterocycles. The Morgan fingerprint density at radius 2 is 2.00 bits per heavy atom. The topological polar surface area (TPSA) is 44.9 Å². The second-order valence-electron chi connectivity index (χ2n) is 5.42. The number of benzene rings is 1. The fourth-order valence-corrected chi connectivity index (χ4v) is 2.21. The van der Waals surface area contributed by atoms with E-state index in [2.05, 4.69) is 24.1 Å². The molecule has 0 spiro atoms. The van der Waals surface area contributed by atoms with Crippen LogP contribution in [0.1, 0.15) is 33.1 Å². The van der Waals surface area contributed by atoms with Gasteiger partial charge in [-0.25, -0.2) is 0 Å². The van der Waals surface area contributed by atoms with Gasteiger partial charge in [0.15, 0.2) is 0 Å². The van der Waals surface area contributed by atoms with Crippen molar-refractivity contribution >= 4 is 16.6 Å². The van der Waals surface area contributed by atoms with Crippen LogP contribution in [0, 0.1) is 5.92 Å². The van der Waals surface area contributed by atoms with Crippen molar-refractivity contribution in [2.75, 3.05) is 11.9 Å². The largest absolute Gasteiger partial charge is 0.372 e. The number of pyridine rings is 1. The number of H-pyrrole nitrogens is 1. The Morgan fingerprint density at radius 1 is 1.21 bits per heavy atom. The predicted molar refractivity (Wildman–Crippen MR) is 81.7 cm³/mol. The van der Waals surface area contributed by atoms with E-state index in [-0.39, 0.29) is 5.56 Å². The average molecular weight is 258 g/mol. The first kappa shape index (κ1) is 13.7. The van der Waals surface area contributed by atoms with Crippen molar-refractivity contribution in [2.45, 2.75) is 33.1 Å². The molecule has 0 radical (unpaired) electrons. The van der Waals surface area contributed by atoms with Crippen molar-refractivity contribution in [3.05, 3.63) is 40.7 Å². The summed E-state index contributed by atoms with van der Waals surface area (Å²) in [6.07, 6.45) is 3.62. The second-order valence-corrected chi connectivity index (χ2v) is 5.42. The molecule has 3 nitrogen and oxygen atoms in total. The van der Waals surface area contributed by atoms with Crippen LogP contribution >= 0.6 is 0 Å². The number of rotatable bonds is 6. The maximum atomic E-state index is 11.9. The zero-order valence-corrected chi connectivity index (χ0v) is 11.7. The van der Waals surface area contributed by atoms with Gasteiger partial charge in [-0.1, -0.05) is 44.9 Å². The van der Waals surface area contributed by atoms with Gasteiger partial charge in [-0.15, -0.1) is 0 Å². The second kappa shape index (κ2) is 6.41. The van der Waals surface area contributed by atoms with Gasteiger partial charge in [0.2, 0.25) is 0 Å². The van der Waals surface area contributed by atoms with Crippen molar-refractivity contribution in [3.8, 4) is 0 Å². The molecule has 1 aromatic carbocycles. The number of fused-ring (bicyclic) bond motifs is 1. The van der Waals surface area contributed by atoms with E-state index in [1.54, 1.807) is 0 Å². The quantitative estimate of drug-likeness (QED) is 0.775. The van der Waals surface area contributed by atoms with Gasteiger partial charge in [-0.3, -0.25) is 4.79 Å². The summed E-state index contributed by atoms with van der Waals surface area (Å²) in [5, 5.41) is 5.02. The van der Waals surface area contributed by atoms with Gasteiger partial charge in [-0.05, 0) is 29.9 Å². The van der Waals surface area contributed by atoms with E-state index >= 15 is 0 Å². The normalized spacial score (nSPS) is 11.1. The highest BCUT2D eigenvalue weighted by Crippen LogP contribution is 2.13. The molecule has 3 heteroatoms. The van der Waals surface area contributed by atoms with Crippen molar-refractivity contribution in [2.24, 2.45) is 5.92 Å². The number of hydrogen-bond acceptors (Lipinski definition) is 2. The Balaban J connectivity index is 1.96. The minimum absolute atomic E-state index is 0.0252. The number of aromatic amines is 1. The van der Waals surface area contributed by atoms with E-state index < -0.39 is 0 Å². The molecular formula is C16H22N2O. The van der Waals surface area contributed by atoms with Gasteiger partial charge in [0.1, 0.15) is 5.82 Å². The SMILES string of the molecule is CC(C)CCCCNc1cc2ccccc2c(=O)[nH]1. The average Bonchev–Trinajstić information content (AvgIpc) is 2.38. The molecule has 2 aromatic rings. The highest BCUT2D eigenvalue weighted by molar-refractivity contribution is 5.83. The molecule has 0 atom stereocenters. The number of nitrogens with one attached hydrogen (secondary N) is 2.